The zero-order valence-electron chi connectivity index (χ0n) is 14.6. The molecule has 0 bridgehead atoms. The van der Waals surface area contributed by atoms with Crippen LogP contribution in [0.2, 0.25) is 0 Å². The van der Waals surface area contributed by atoms with E-state index in [0.717, 1.165) is 40.8 Å². The van der Waals surface area contributed by atoms with Crippen LogP contribution in [0, 0.1) is 6.92 Å². The van der Waals surface area contributed by atoms with E-state index in [-0.39, 0.29) is 12.5 Å². The van der Waals surface area contributed by atoms with E-state index < -0.39 is 6.67 Å². The van der Waals surface area contributed by atoms with E-state index in [1.54, 1.807) is 18.5 Å². The number of aryl methyl sites for hydroxylation is 2. The standard InChI is InChI=1S/C19H22FN3O2/c1-3-4-17-16-12-23(19(24)15(16)5-7-21-17)11-14-9-13(2)18(22-10-14)25-8-6-20/h5,7,9-10H,3-4,6,8,11-12H2,1-2H3. The normalized spacial score (nSPS) is 13.2. The molecule has 25 heavy (non-hydrogen) atoms. The van der Waals surface area contributed by atoms with Crippen molar-refractivity contribution >= 4 is 5.91 Å². The van der Waals surface area contributed by atoms with Crippen LogP contribution in [-0.4, -0.2) is 34.1 Å². The zero-order valence-corrected chi connectivity index (χ0v) is 14.6. The van der Waals surface area contributed by atoms with E-state index >= 15 is 0 Å². The van der Waals surface area contributed by atoms with Crippen molar-refractivity contribution in [1.29, 1.82) is 0 Å². The number of hydrogen-bond donors (Lipinski definition) is 0. The van der Waals surface area contributed by atoms with Gasteiger partial charge in [0, 0.05) is 47.9 Å². The first-order valence-corrected chi connectivity index (χ1v) is 8.54. The van der Waals surface area contributed by atoms with E-state index in [9.17, 15) is 9.18 Å². The summed E-state index contributed by atoms with van der Waals surface area (Å²) in [5.74, 6) is 0.469. The lowest BCUT2D eigenvalue weighted by Crippen LogP contribution is -2.23. The third kappa shape index (κ3) is 3.62. The number of fused-ring (bicyclic) bond motifs is 1. The Kier molecular flexibility index (Phi) is 5.26. The molecule has 1 aliphatic rings. The highest BCUT2D eigenvalue weighted by atomic mass is 19.1. The largest absolute Gasteiger partial charge is 0.475 e. The second-order valence-corrected chi connectivity index (χ2v) is 6.20. The lowest BCUT2D eigenvalue weighted by atomic mass is 10.1. The molecule has 0 spiro atoms. The number of hydrogen-bond acceptors (Lipinski definition) is 4. The summed E-state index contributed by atoms with van der Waals surface area (Å²) in [6, 6.07) is 3.73. The van der Waals surface area contributed by atoms with Gasteiger partial charge in [-0.3, -0.25) is 9.78 Å². The number of ether oxygens (including phenoxy) is 1. The molecule has 0 unspecified atom stereocenters. The highest BCUT2D eigenvalue weighted by Gasteiger charge is 2.29. The molecular weight excluding hydrogens is 321 g/mol. The maximum atomic E-state index is 12.7. The Morgan fingerprint density at radius 2 is 2.20 bits per heavy atom. The number of nitrogens with zero attached hydrogens (tertiary/aromatic N) is 3. The van der Waals surface area contributed by atoms with Crippen LogP contribution in [0.5, 0.6) is 5.88 Å². The Balaban J connectivity index is 1.75. The molecule has 3 heterocycles. The Labute approximate surface area is 146 Å². The van der Waals surface area contributed by atoms with Gasteiger partial charge in [0.05, 0.1) is 0 Å². The van der Waals surface area contributed by atoms with Gasteiger partial charge in [-0.1, -0.05) is 13.3 Å². The Morgan fingerprint density at radius 3 is 2.92 bits per heavy atom. The number of aromatic nitrogens is 2. The van der Waals surface area contributed by atoms with Crippen molar-refractivity contribution in [1.82, 2.24) is 14.9 Å². The van der Waals surface area contributed by atoms with Crippen LogP contribution < -0.4 is 4.74 Å². The van der Waals surface area contributed by atoms with Crippen LogP contribution >= 0.6 is 0 Å². The fourth-order valence-corrected chi connectivity index (χ4v) is 3.14. The molecule has 132 valence electrons. The molecule has 3 rings (SSSR count). The number of halogens is 1. The highest BCUT2D eigenvalue weighted by Crippen LogP contribution is 2.27. The molecule has 0 aliphatic carbocycles. The van der Waals surface area contributed by atoms with Crippen molar-refractivity contribution in [3.05, 3.63) is 52.5 Å². The van der Waals surface area contributed by atoms with Crippen LogP contribution in [0.4, 0.5) is 4.39 Å². The molecule has 2 aromatic rings. The minimum absolute atomic E-state index is 0.000310. The topological polar surface area (TPSA) is 55.3 Å². The smallest absolute Gasteiger partial charge is 0.254 e. The maximum absolute atomic E-state index is 12.7. The third-order valence-electron chi connectivity index (χ3n) is 4.27. The number of pyridine rings is 2. The van der Waals surface area contributed by atoms with E-state index in [1.165, 1.54) is 0 Å². The summed E-state index contributed by atoms with van der Waals surface area (Å²) in [5, 5.41) is 0. The fourth-order valence-electron chi connectivity index (χ4n) is 3.14. The number of carbonyl (C=O) groups is 1. The van der Waals surface area contributed by atoms with Gasteiger partial charge in [-0.25, -0.2) is 9.37 Å². The molecule has 0 saturated heterocycles. The predicted octanol–water partition coefficient (Wildman–Crippen LogP) is 3.24. The van der Waals surface area contributed by atoms with E-state index in [1.807, 2.05) is 17.9 Å². The number of carbonyl (C=O) groups excluding carboxylic acids is 1. The van der Waals surface area contributed by atoms with Gasteiger partial charge >= 0.3 is 0 Å². The fraction of sp³-hybridized carbons (Fsp3) is 0.421. The van der Waals surface area contributed by atoms with Crippen molar-refractivity contribution in [2.24, 2.45) is 0 Å². The molecule has 0 atom stereocenters. The summed E-state index contributed by atoms with van der Waals surface area (Å²) in [6.07, 6.45) is 5.28. The minimum Gasteiger partial charge on any atom is -0.475 e. The molecule has 0 N–H and O–H groups in total. The van der Waals surface area contributed by atoms with Gasteiger partial charge in [0.1, 0.15) is 13.3 Å². The van der Waals surface area contributed by atoms with E-state index in [2.05, 4.69) is 16.9 Å². The van der Waals surface area contributed by atoms with Crippen molar-refractivity contribution in [2.45, 2.75) is 39.8 Å². The lowest BCUT2D eigenvalue weighted by Gasteiger charge is -2.16. The minimum atomic E-state index is -0.544. The maximum Gasteiger partial charge on any atom is 0.254 e. The van der Waals surface area contributed by atoms with Crippen LogP contribution in [0.15, 0.2) is 24.5 Å². The molecule has 2 aromatic heterocycles. The van der Waals surface area contributed by atoms with Gasteiger partial charge in [-0.05, 0) is 31.0 Å². The molecule has 0 aromatic carbocycles. The van der Waals surface area contributed by atoms with Crippen LogP contribution in [0.1, 0.15) is 46.1 Å². The second kappa shape index (κ2) is 7.59. The first-order valence-electron chi connectivity index (χ1n) is 8.54. The van der Waals surface area contributed by atoms with Gasteiger partial charge in [0.2, 0.25) is 5.88 Å². The van der Waals surface area contributed by atoms with Crippen LogP contribution in [-0.2, 0) is 19.5 Å². The summed E-state index contributed by atoms with van der Waals surface area (Å²) in [4.78, 5) is 23.1. The first kappa shape index (κ1) is 17.3. The van der Waals surface area contributed by atoms with Crippen LogP contribution in [0.25, 0.3) is 0 Å². The number of rotatable bonds is 7. The molecule has 0 saturated carbocycles. The Hall–Kier alpha value is -2.50. The average molecular weight is 343 g/mol. The molecule has 1 aliphatic heterocycles. The average Bonchev–Trinajstić information content (AvgIpc) is 2.92. The summed E-state index contributed by atoms with van der Waals surface area (Å²) in [7, 11) is 0. The SMILES string of the molecule is CCCc1nccc2c1CN(Cc1cnc(OCCF)c(C)c1)C2=O. The third-order valence-corrected chi connectivity index (χ3v) is 4.27. The van der Waals surface area contributed by atoms with Gasteiger partial charge in [0.15, 0.2) is 0 Å². The molecule has 0 fully saturated rings. The van der Waals surface area contributed by atoms with Crippen molar-refractivity contribution in [3.63, 3.8) is 0 Å². The predicted molar refractivity (Wildman–Crippen MR) is 92.3 cm³/mol. The van der Waals surface area contributed by atoms with Gasteiger partial charge in [-0.15, -0.1) is 0 Å². The van der Waals surface area contributed by atoms with Gasteiger partial charge in [0.25, 0.3) is 5.91 Å². The Morgan fingerprint density at radius 1 is 1.36 bits per heavy atom. The second-order valence-electron chi connectivity index (χ2n) is 6.20. The van der Waals surface area contributed by atoms with Crippen LogP contribution in [0.3, 0.4) is 0 Å². The monoisotopic (exact) mass is 343 g/mol. The summed E-state index contributed by atoms with van der Waals surface area (Å²) >= 11 is 0. The van der Waals surface area contributed by atoms with E-state index in [0.29, 0.717) is 19.0 Å². The zero-order chi connectivity index (χ0) is 17.8. The van der Waals surface area contributed by atoms with Crippen molar-refractivity contribution in [3.8, 4) is 5.88 Å². The van der Waals surface area contributed by atoms with Crippen molar-refractivity contribution in [2.75, 3.05) is 13.3 Å². The highest BCUT2D eigenvalue weighted by molar-refractivity contribution is 5.98. The van der Waals surface area contributed by atoms with Gasteiger partial charge < -0.3 is 9.64 Å². The summed E-state index contributed by atoms with van der Waals surface area (Å²) < 4.78 is 17.5. The van der Waals surface area contributed by atoms with Gasteiger partial charge in [-0.2, -0.15) is 0 Å². The summed E-state index contributed by atoms with van der Waals surface area (Å²) in [6.45, 7) is 4.50. The van der Waals surface area contributed by atoms with E-state index in [4.69, 9.17) is 4.74 Å². The lowest BCUT2D eigenvalue weighted by molar-refractivity contribution is 0.0766. The molecular formula is C19H22FN3O2. The molecule has 0 radical (unpaired) electrons. The molecule has 1 amide bonds. The molecule has 5 nitrogen and oxygen atoms in total. The Bertz CT molecular complexity index is 779. The van der Waals surface area contributed by atoms with Crippen molar-refractivity contribution < 1.29 is 13.9 Å². The quantitative estimate of drug-likeness (QED) is 0.774. The molecule has 6 heteroatoms. The first-order chi connectivity index (χ1) is 12.1. The summed E-state index contributed by atoms with van der Waals surface area (Å²) in [5.41, 5.74) is 4.58. The number of alkyl halides is 1. The number of amides is 1.